The number of hydrogen-bond acceptors (Lipinski definition) is 0. The van der Waals surface area contributed by atoms with Gasteiger partial charge in [0.25, 0.3) is 0 Å². The van der Waals surface area contributed by atoms with Gasteiger partial charge in [0.05, 0.1) is 0 Å². The smallest absolute Gasteiger partial charge is 0.107 e. The molecule has 0 fully saturated rings. The molecule has 0 saturated carbocycles. The SMILES string of the molecule is [CH-]=[N+](C)CC. The van der Waals surface area contributed by atoms with E-state index in [0.717, 1.165) is 6.54 Å². The van der Waals surface area contributed by atoms with Gasteiger partial charge >= 0.3 is 0 Å². The molecule has 5 heavy (non-hydrogen) atoms. The Morgan fingerprint density at radius 3 is 2.00 bits per heavy atom. The second-order valence-electron chi connectivity index (χ2n) is 1.07. The van der Waals surface area contributed by atoms with E-state index in [9.17, 15) is 0 Å². The van der Waals surface area contributed by atoms with Gasteiger partial charge in [-0.1, -0.05) is 0 Å². The Hall–Kier alpha value is -0.330. The van der Waals surface area contributed by atoms with Crippen LogP contribution in [0.2, 0.25) is 0 Å². The Balaban J connectivity index is 2.85. The molecular weight excluding hydrogens is 62.1 g/mol. The molecule has 0 aromatic heterocycles. The first-order valence-electron chi connectivity index (χ1n) is 1.73. The molecule has 0 aliphatic heterocycles. The van der Waals surface area contributed by atoms with Crippen molar-refractivity contribution in [2.24, 2.45) is 0 Å². The van der Waals surface area contributed by atoms with Crippen LogP contribution in [0.3, 0.4) is 0 Å². The molecule has 0 rings (SSSR count). The Morgan fingerprint density at radius 1 is 1.80 bits per heavy atom. The highest BCUT2D eigenvalue weighted by Crippen LogP contribution is 1.52. The van der Waals surface area contributed by atoms with Gasteiger partial charge < -0.3 is 4.58 Å². The van der Waals surface area contributed by atoms with Crippen LogP contribution in [0.5, 0.6) is 0 Å². The van der Waals surface area contributed by atoms with Crippen LogP contribution in [0.15, 0.2) is 0 Å². The average Bonchev–Trinajstić information content (AvgIpc) is 1.38. The third-order valence-electron chi connectivity index (χ3n) is 0.499. The molecule has 0 spiro atoms. The molecule has 0 bridgehead atoms. The van der Waals surface area contributed by atoms with Crippen molar-refractivity contribution < 1.29 is 4.58 Å². The van der Waals surface area contributed by atoms with Crippen molar-refractivity contribution in [3.05, 3.63) is 0 Å². The fourth-order valence-electron chi connectivity index (χ4n) is 0. The molecule has 0 amide bonds. The van der Waals surface area contributed by atoms with Crippen molar-refractivity contribution in [3.8, 4) is 0 Å². The highest BCUT2D eigenvalue weighted by Gasteiger charge is 1.62. The van der Waals surface area contributed by atoms with Crippen molar-refractivity contribution in [3.63, 3.8) is 0 Å². The van der Waals surface area contributed by atoms with E-state index in [1.807, 2.05) is 14.0 Å². The lowest BCUT2D eigenvalue weighted by Crippen LogP contribution is -1.97. The van der Waals surface area contributed by atoms with E-state index in [4.69, 9.17) is 6.72 Å². The first-order valence-corrected chi connectivity index (χ1v) is 1.73. The molecule has 30 valence electrons. The summed E-state index contributed by atoms with van der Waals surface area (Å²) in [7, 11) is 1.83. The van der Waals surface area contributed by atoms with Gasteiger partial charge in [0.1, 0.15) is 13.6 Å². The van der Waals surface area contributed by atoms with Crippen LogP contribution in [0, 0.1) is 0 Å². The normalized spacial score (nSPS) is 7.60. The maximum atomic E-state index is 5.12. The molecule has 0 saturated heterocycles. The summed E-state index contributed by atoms with van der Waals surface area (Å²) in [5.41, 5.74) is 0. The fourth-order valence-corrected chi connectivity index (χ4v) is 0. The monoisotopic (exact) mass is 71.1 g/mol. The Morgan fingerprint density at radius 2 is 2.00 bits per heavy atom. The van der Waals surface area contributed by atoms with Crippen LogP contribution < -0.4 is 0 Å². The second kappa shape index (κ2) is 1.94. The van der Waals surface area contributed by atoms with Crippen molar-refractivity contribution in [1.29, 1.82) is 0 Å². The summed E-state index contributed by atoms with van der Waals surface area (Å²) in [5, 5.41) is 0. The van der Waals surface area contributed by atoms with Crippen LogP contribution in [0.1, 0.15) is 6.92 Å². The third kappa shape index (κ3) is 3.67. The minimum Gasteiger partial charge on any atom is -0.419 e. The zero-order valence-corrected chi connectivity index (χ0v) is 3.73. The summed E-state index contributed by atoms with van der Waals surface area (Å²) in [6.07, 6.45) is 0. The predicted molar refractivity (Wildman–Crippen MR) is 22.8 cm³/mol. The lowest BCUT2D eigenvalue weighted by atomic mass is 10.7. The summed E-state index contributed by atoms with van der Waals surface area (Å²) >= 11 is 0. The van der Waals surface area contributed by atoms with E-state index in [-0.39, 0.29) is 0 Å². The molecule has 0 unspecified atom stereocenters. The zero-order valence-electron chi connectivity index (χ0n) is 3.73. The molecular formula is C4H9N. The number of rotatable bonds is 1. The largest absolute Gasteiger partial charge is 0.419 e. The lowest BCUT2D eigenvalue weighted by molar-refractivity contribution is -0.484. The molecule has 0 aromatic carbocycles. The van der Waals surface area contributed by atoms with Crippen molar-refractivity contribution >= 4 is 6.72 Å². The first-order chi connectivity index (χ1) is 2.27. The van der Waals surface area contributed by atoms with Crippen molar-refractivity contribution in [1.82, 2.24) is 0 Å². The Kier molecular flexibility index (Phi) is 1.81. The van der Waals surface area contributed by atoms with Gasteiger partial charge in [0.15, 0.2) is 0 Å². The predicted octanol–water partition coefficient (Wildman–Crippen LogP) is 0.226. The van der Waals surface area contributed by atoms with Gasteiger partial charge in [-0.25, -0.2) is 6.72 Å². The van der Waals surface area contributed by atoms with Crippen LogP contribution >= 0.6 is 0 Å². The number of nitrogens with zero attached hydrogens (tertiary/aromatic N) is 1. The zero-order chi connectivity index (χ0) is 4.28. The molecule has 0 aliphatic carbocycles. The minimum absolute atomic E-state index is 0.917. The molecule has 0 radical (unpaired) electrons. The van der Waals surface area contributed by atoms with Crippen molar-refractivity contribution in [2.45, 2.75) is 6.92 Å². The van der Waals surface area contributed by atoms with Gasteiger partial charge in [-0.05, 0) is 6.92 Å². The van der Waals surface area contributed by atoms with Gasteiger partial charge in [-0.2, -0.15) is 0 Å². The second-order valence-corrected chi connectivity index (χ2v) is 1.07. The van der Waals surface area contributed by atoms with E-state index in [2.05, 4.69) is 0 Å². The van der Waals surface area contributed by atoms with Gasteiger partial charge in [0.2, 0.25) is 0 Å². The third-order valence-corrected chi connectivity index (χ3v) is 0.499. The van der Waals surface area contributed by atoms with Crippen LogP contribution in [0.4, 0.5) is 0 Å². The topological polar surface area (TPSA) is 3.01 Å². The lowest BCUT2D eigenvalue weighted by Gasteiger charge is -1.90. The Bertz CT molecular complexity index is 38.9. The summed E-state index contributed by atoms with van der Waals surface area (Å²) in [4.78, 5) is 0. The van der Waals surface area contributed by atoms with Crippen LogP contribution in [0.25, 0.3) is 0 Å². The van der Waals surface area contributed by atoms with E-state index in [1.165, 1.54) is 0 Å². The molecule has 0 atom stereocenters. The highest BCUT2D eigenvalue weighted by atomic mass is 14.9. The number of hydrogen-bond donors (Lipinski definition) is 0. The maximum absolute atomic E-state index is 5.12. The van der Waals surface area contributed by atoms with E-state index in [0.29, 0.717) is 0 Å². The summed E-state index contributed by atoms with van der Waals surface area (Å²) < 4.78 is 1.62. The van der Waals surface area contributed by atoms with Crippen LogP contribution in [-0.4, -0.2) is 24.9 Å². The minimum atomic E-state index is 0.917. The van der Waals surface area contributed by atoms with Crippen LogP contribution in [-0.2, 0) is 0 Å². The maximum Gasteiger partial charge on any atom is 0.107 e. The summed E-state index contributed by atoms with van der Waals surface area (Å²) in [6, 6.07) is 0. The van der Waals surface area contributed by atoms with Gasteiger partial charge in [0, 0.05) is 0 Å². The molecule has 0 N–H and O–H groups in total. The van der Waals surface area contributed by atoms with Crippen molar-refractivity contribution in [2.75, 3.05) is 13.6 Å². The average molecular weight is 71.1 g/mol. The first kappa shape index (κ1) is 4.67. The van der Waals surface area contributed by atoms with Gasteiger partial charge in [-0.15, -0.1) is 0 Å². The molecule has 0 heterocycles. The molecule has 1 heteroatoms. The molecule has 1 nitrogen and oxygen atoms in total. The van der Waals surface area contributed by atoms with E-state index in [1.54, 1.807) is 4.58 Å². The standard InChI is InChI=1S/C4H9N/c1-4-5(2)3/h2H,4H2,1,3H3. The van der Waals surface area contributed by atoms with Gasteiger partial charge in [-0.3, -0.25) is 0 Å². The van der Waals surface area contributed by atoms with E-state index < -0.39 is 0 Å². The molecule has 0 aromatic rings. The molecule has 0 aliphatic rings. The fraction of sp³-hybridized carbons (Fsp3) is 0.750. The summed E-state index contributed by atoms with van der Waals surface area (Å²) in [5.74, 6) is 0. The Labute approximate surface area is 32.9 Å². The highest BCUT2D eigenvalue weighted by molar-refractivity contribution is 5.13. The quantitative estimate of drug-likeness (QED) is 0.236. The summed E-state index contributed by atoms with van der Waals surface area (Å²) in [6.45, 7) is 8.04. The van der Waals surface area contributed by atoms with E-state index >= 15 is 0 Å².